The van der Waals surface area contributed by atoms with Crippen LogP contribution < -0.4 is 5.32 Å². The standard InChI is InChI=1S/C22H22FN3O/c1-14-6-3-4-7-18(14)15(2)24-22(27)21-19-8-5-9-20(19)26(25-21)17-12-10-16(23)11-13-17/h3-4,6-7,10-13,15H,5,8-9H2,1-2H3,(H,24,27). The smallest absolute Gasteiger partial charge is 0.272 e. The lowest BCUT2D eigenvalue weighted by molar-refractivity contribution is 0.0933. The average molecular weight is 363 g/mol. The lowest BCUT2D eigenvalue weighted by Crippen LogP contribution is -2.28. The highest BCUT2D eigenvalue weighted by Crippen LogP contribution is 2.28. The van der Waals surface area contributed by atoms with E-state index in [1.807, 2.05) is 38.1 Å². The molecule has 2 aromatic carbocycles. The van der Waals surface area contributed by atoms with Crippen molar-refractivity contribution in [1.29, 1.82) is 0 Å². The van der Waals surface area contributed by atoms with Crippen molar-refractivity contribution in [3.05, 3.63) is 82.4 Å². The van der Waals surface area contributed by atoms with Crippen LogP contribution in [0.15, 0.2) is 48.5 Å². The maximum atomic E-state index is 13.3. The number of carbonyl (C=O) groups is 1. The number of hydrogen-bond donors (Lipinski definition) is 1. The lowest BCUT2D eigenvalue weighted by Gasteiger charge is -2.16. The van der Waals surface area contributed by atoms with Crippen molar-refractivity contribution < 1.29 is 9.18 Å². The fraction of sp³-hybridized carbons (Fsp3) is 0.273. The van der Waals surface area contributed by atoms with Crippen LogP contribution >= 0.6 is 0 Å². The number of nitrogens with zero attached hydrogens (tertiary/aromatic N) is 2. The van der Waals surface area contributed by atoms with E-state index in [-0.39, 0.29) is 17.8 Å². The Morgan fingerprint density at radius 3 is 2.63 bits per heavy atom. The van der Waals surface area contributed by atoms with Gasteiger partial charge in [0.25, 0.3) is 5.91 Å². The van der Waals surface area contributed by atoms with E-state index in [0.29, 0.717) is 5.69 Å². The van der Waals surface area contributed by atoms with Crippen molar-refractivity contribution in [2.24, 2.45) is 0 Å². The van der Waals surface area contributed by atoms with Gasteiger partial charge in [-0.1, -0.05) is 24.3 Å². The van der Waals surface area contributed by atoms with Gasteiger partial charge in [-0.15, -0.1) is 0 Å². The number of benzene rings is 2. The first-order valence-electron chi connectivity index (χ1n) is 9.27. The summed E-state index contributed by atoms with van der Waals surface area (Å²) in [4.78, 5) is 13.0. The van der Waals surface area contributed by atoms with Crippen LogP contribution in [0.5, 0.6) is 0 Å². The molecule has 1 aliphatic rings. The van der Waals surface area contributed by atoms with E-state index in [2.05, 4.69) is 10.4 Å². The van der Waals surface area contributed by atoms with E-state index in [0.717, 1.165) is 47.3 Å². The summed E-state index contributed by atoms with van der Waals surface area (Å²) >= 11 is 0. The van der Waals surface area contributed by atoms with Gasteiger partial charge in [0.2, 0.25) is 0 Å². The van der Waals surface area contributed by atoms with Crippen LogP contribution in [0.3, 0.4) is 0 Å². The Morgan fingerprint density at radius 2 is 1.89 bits per heavy atom. The van der Waals surface area contributed by atoms with Gasteiger partial charge in [0.1, 0.15) is 5.82 Å². The molecular formula is C22H22FN3O. The van der Waals surface area contributed by atoms with Crippen LogP contribution in [-0.2, 0) is 12.8 Å². The number of rotatable bonds is 4. The number of halogens is 1. The maximum absolute atomic E-state index is 13.3. The molecule has 0 aliphatic heterocycles. The molecule has 3 aromatic rings. The highest BCUT2D eigenvalue weighted by molar-refractivity contribution is 5.94. The number of nitrogens with one attached hydrogen (secondary N) is 1. The van der Waals surface area contributed by atoms with Gasteiger partial charge >= 0.3 is 0 Å². The maximum Gasteiger partial charge on any atom is 0.272 e. The van der Waals surface area contributed by atoms with Gasteiger partial charge in [0, 0.05) is 11.3 Å². The van der Waals surface area contributed by atoms with Crippen LogP contribution in [0.1, 0.15) is 52.3 Å². The molecule has 0 saturated heterocycles. The highest BCUT2D eigenvalue weighted by atomic mass is 19.1. The molecule has 4 rings (SSSR count). The van der Waals surface area contributed by atoms with Crippen LogP contribution in [0.4, 0.5) is 4.39 Å². The van der Waals surface area contributed by atoms with Gasteiger partial charge in [0.15, 0.2) is 5.69 Å². The molecule has 4 nitrogen and oxygen atoms in total. The minimum Gasteiger partial charge on any atom is -0.344 e. The molecule has 0 bridgehead atoms. The highest BCUT2D eigenvalue weighted by Gasteiger charge is 2.27. The molecule has 1 amide bonds. The minimum atomic E-state index is -0.285. The second kappa shape index (κ2) is 6.99. The van der Waals surface area contributed by atoms with Crippen molar-refractivity contribution in [3.63, 3.8) is 0 Å². The predicted molar refractivity (Wildman–Crippen MR) is 103 cm³/mol. The van der Waals surface area contributed by atoms with Crippen LogP contribution in [0.2, 0.25) is 0 Å². The predicted octanol–water partition coefficient (Wildman–Crippen LogP) is 4.30. The van der Waals surface area contributed by atoms with E-state index in [1.165, 1.54) is 12.1 Å². The topological polar surface area (TPSA) is 46.9 Å². The van der Waals surface area contributed by atoms with Crippen molar-refractivity contribution in [3.8, 4) is 5.69 Å². The number of aryl methyl sites for hydroxylation is 1. The third kappa shape index (κ3) is 3.25. The number of fused-ring (bicyclic) bond motifs is 1. The van der Waals surface area contributed by atoms with Gasteiger partial charge in [-0.25, -0.2) is 9.07 Å². The largest absolute Gasteiger partial charge is 0.344 e. The second-order valence-electron chi connectivity index (χ2n) is 7.07. The molecule has 0 fully saturated rings. The second-order valence-corrected chi connectivity index (χ2v) is 7.07. The zero-order valence-electron chi connectivity index (χ0n) is 15.5. The zero-order valence-corrected chi connectivity index (χ0v) is 15.5. The van der Waals surface area contributed by atoms with Gasteiger partial charge in [-0.3, -0.25) is 4.79 Å². The molecule has 0 radical (unpaired) electrons. The summed E-state index contributed by atoms with van der Waals surface area (Å²) in [5.41, 5.74) is 5.56. The molecule has 0 saturated carbocycles. The molecule has 138 valence electrons. The first-order chi connectivity index (χ1) is 13.0. The van der Waals surface area contributed by atoms with Crippen LogP contribution in [-0.4, -0.2) is 15.7 Å². The fourth-order valence-corrected chi connectivity index (χ4v) is 3.83. The number of amides is 1. The SMILES string of the molecule is Cc1ccccc1C(C)NC(=O)c1nn(-c2ccc(F)cc2)c2c1CCC2. The van der Waals surface area contributed by atoms with Gasteiger partial charge in [0.05, 0.1) is 11.7 Å². The van der Waals surface area contributed by atoms with E-state index in [9.17, 15) is 9.18 Å². The molecule has 5 heteroatoms. The third-order valence-electron chi connectivity index (χ3n) is 5.22. The summed E-state index contributed by atoms with van der Waals surface area (Å²) in [6.45, 7) is 4.02. The Kier molecular flexibility index (Phi) is 4.52. The quantitative estimate of drug-likeness (QED) is 0.751. The van der Waals surface area contributed by atoms with E-state index in [4.69, 9.17) is 0 Å². The fourth-order valence-electron chi connectivity index (χ4n) is 3.83. The molecular weight excluding hydrogens is 341 g/mol. The summed E-state index contributed by atoms with van der Waals surface area (Å²) in [6, 6.07) is 14.2. The molecule has 1 atom stereocenters. The molecule has 1 aromatic heterocycles. The molecule has 0 spiro atoms. The summed E-state index contributed by atoms with van der Waals surface area (Å²) in [5, 5.41) is 7.67. The third-order valence-corrected chi connectivity index (χ3v) is 5.22. The van der Waals surface area contributed by atoms with Gasteiger partial charge in [-0.2, -0.15) is 5.10 Å². The monoisotopic (exact) mass is 363 g/mol. The van der Waals surface area contributed by atoms with Crippen molar-refractivity contribution in [2.45, 2.75) is 39.2 Å². The van der Waals surface area contributed by atoms with Crippen LogP contribution in [0, 0.1) is 12.7 Å². The number of hydrogen-bond acceptors (Lipinski definition) is 2. The molecule has 1 unspecified atom stereocenters. The minimum absolute atomic E-state index is 0.105. The lowest BCUT2D eigenvalue weighted by atomic mass is 10.0. The molecule has 1 aliphatic carbocycles. The van der Waals surface area contributed by atoms with Crippen molar-refractivity contribution in [2.75, 3.05) is 0 Å². The molecule has 27 heavy (non-hydrogen) atoms. The van der Waals surface area contributed by atoms with Gasteiger partial charge < -0.3 is 5.32 Å². The first kappa shape index (κ1) is 17.5. The van der Waals surface area contributed by atoms with Gasteiger partial charge in [-0.05, 0) is 68.5 Å². The first-order valence-corrected chi connectivity index (χ1v) is 9.27. The van der Waals surface area contributed by atoms with Crippen LogP contribution in [0.25, 0.3) is 5.69 Å². The Balaban J connectivity index is 1.64. The normalized spacial score (nSPS) is 14.0. The molecule has 1 N–H and O–H groups in total. The Labute approximate surface area is 158 Å². The Morgan fingerprint density at radius 1 is 1.15 bits per heavy atom. The summed E-state index contributed by atoms with van der Waals surface area (Å²) in [6.07, 6.45) is 2.72. The van der Waals surface area contributed by atoms with Crippen molar-refractivity contribution in [1.82, 2.24) is 15.1 Å². The van der Waals surface area contributed by atoms with E-state index >= 15 is 0 Å². The summed E-state index contributed by atoms with van der Waals surface area (Å²) in [7, 11) is 0. The average Bonchev–Trinajstić information content (AvgIpc) is 3.25. The Hall–Kier alpha value is -2.95. The number of carbonyl (C=O) groups excluding carboxylic acids is 1. The summed E-state index contributed by atoms with van der Waals surface area (Å²) in [5.74, 6) is -0.447. The summed E-state index contributed by atoms with van der Waals surface area (Å²) < 4.78 is 15.0. The Bertz CT molecular complexity index is 991. The number of aromatic nitrogens is 2. The van der Waals surface area contributed by atoms with E-state index in [1.54, 1.807) is 16.8 Å². The molecule has 1 heterocycles. The zero-order chi connectivity index (χ0) is 19.0. The van der Waals surface area contributed by atoms with Crippen molar-refractivity contribution >= 4 is 5.91 Å². The van der Waals surface area contributed by atoms with E-state index < -0.39 is 0 Å².